The first kappa shape index (κ1) is 18.3. The largest absolute Gasteiger partial charge is 0.337 e. The van der Waals surface area contributed by atoms with Gasteiger partial charge in [-0.1, -0.05) is 6.07 Å². The highest BCUT2D eigenvalue weighted by Gasteiger charge is 2.43. The van der Waals surface area contributed by atoms with Crippen LogP contribution in [0.2, 0.25) is 0 Å². The van der Waals surface area contributed by atoms with Crippen molar-refractivity contribution in [1.29, 1.82) is 5.26 Å². The summed E-state index contributed by atoms with van der Waals surface area (Å²) >= 11 is 1.21. The van der Waals surface area contributed by atoms with E-state index in [4.69, 9.17) is 0 Å². The first-order valence-corrected chi connectivity index (χ1v) is 10.7. The van der Waals surface area contributed by atoms with E-state index in [0.717, 1.165) is 12.8 Å². The van der Waals surface area contributed by atoms with E-state index in [9.17, 15) is 18.5 Å². The molecular formula is C16H22N4O3S2. The molecule has 1 aliphatic heterocycles. The molecule has 1 saturated carbocycles. The van der Waals surface area contributed by atoms with Crippen LogP contribution in [0.15, 0.2) is 21.7 Å². The molecule has 2 fully saturated rings. The zero-order valence-corrected chi connectivity index (χ0v) is 15.8. The average molecular weight is 383 g/mol. The number of amides is 1. The Labute approximate surface area is 152 Å². The lowest BCUT2D eigenvalue weighted by Crippen LogP contribution is -2.54. The number of nitrogens with one attached hydrogen (secondary N) is 1. The standard InChI is InChI=1S/C16H22N4O3S2/c1-16(12-17,13-4-5-13)18-14(21)11-19-6-8-20(9-7-19)25(22,23)15-3-2-10-24-15/h2-3,10,13H,4-9,11H2,1H3,(H,18,21)/t16-/m0/s1. The van der Waals surface area contributed by atoms with E-state index in [0.29, 0.717) is 30.4 Å². The molecular weight excluding hydrogens is 360 g/mol. The lowest BCUT2D eigenvalue weighted by atomic mass is 9.98. The van der Waals surface area contributed by atoms with Gasteiger partial charge in [0.05, 0.1) is 12.6 Å². The van der Waals surface area contributed by atoms with Crippen LogP contribution in [0.25, 0.3) is 0 Å². The predicted molar refractivity (Wildman–Crippen MR) is 94.4 cm³/mol. The third-order valence-corrected chi connectivity index (χ3v) is 8.08. The molecule has 1 saturated heterocycles. The second-order valence-corrected chi connectivity index (χ2v) is 9.86. The number of hydrogen-bond donors (Lipinski definition) is 1. The van der Waals surface area contributed by atoms with Crippen LogP contribution in [-0.2, 0) is 14.8 Å². The lowest BCUT2D eigenvalue weighted by Gasteiger charge is -2.34. The Morgan fingerprint density at radius 1 is 1.40 bits per heavy atom. The Morgan fingerprint density at radius 3 is 2.60 bits per heavy atom. The first-order valence-electron chi connectivity index (χ1n) is 8.33. The summed E-state index contributed by atoms with van der Waals surface area (Å²) in [6, 6.07) is 5.55. The minimum atomic E-state index is -3.42. The summed E-state index contributed by atoms with van der Waals surface area (Å²) in [6.45, 7) is 3.71. The van der Waals surface area contributed by atoms with Crippen molar-refractivity contribution in [3.05, 3.63) is 17.5 Å². The van der Waals surface area contributed by atoms with Crippen LogP contribution in [-0.4, -0.2) is 61.8 Å². The Morgan fingerprint density at radius 2 is 2.08 bits per heavy atom. The van der Waals surface area contributed by atoms with Crippen molar-refractivity contribution < 1.29 is 13.2 Å². The summed E-state index contributed by atoms with van der Waals surface area (Å²) in [5.41, 5.74) is -0.790. The smallest absolute Gasteiger partial charge is 0.252 e. The number of carbonyl (C=O) groups is 1. The Balaban J connectivity index is 1.51. The Kier molecular flexibility index (Phi) is 5.16. The topological polar surface area (TPSA) is 93.5 Å². The predicted octanol–water partition coefficient (Wildman–Crippen LogP) is 0.863. The van der Waals surface area contributed by atoms with Crippen LogP contribution in [0.5, 0.6) is 0 Å². The van der Waals surface area contributed by atoms with Crippen LogP contribution in [0.3, 0.4) is 0 Å². The molecule has 1 amide bonds. The number of nitrogens with zero attached hydrogens (tertiary/aromatic N) is 3. The van der Waals surface area contributed by atoms with Gasteiger partial charge in [0.25, 0.3) is 10.0 Å². The van der Waals surface area contributed by atoms with Crippen molar-refractivity contribution in [2.24, 2.45) is 5.92 Å². The third-order valence-electron chi connectivity index (χ3n) is 4.81. The maximum atomic E-state index is 12.5. The second-order valence-electron chi connectivity index (χ2n) is 6.75. The van der Waals surface area contributed by atoms with Crippen molar-refractivity contribution in [2.75, 3.05) is 32.7 Å². The van der Waals surface area contributed by atoms with Gasteiger partial charge in [0.2, 0.25) is 5.91 Å². The Hall–Kier alpha value is -1.47. The highest BCUT2D eigenvalue weighted by molar-refractivity contribution is 7.91. The van der Waals surface area contributed by atoms with Crippen molar-refractivity contribution in [3.8, 4) is 6.07 Å². The van der Waals surface area contributed by atoms with Gasteiger partial charge in [0, 0.05) is 26.2 Å². The van der Waals surface area contributed by atoms with Crippen molar-refractivity contribution in [1.82, 2.24) is 14.5 Å². The molecule has 9 heteroatoms. The van der Waals surface area contributed by atoms with E-state index in [1.807, 2.05) is 4.90 Å². The van der Waals surface area contributed by atoms with Gasteiger partial charge in [-0.05, 0) is 37.1 Å². The van der Waals surface area contributed by atoms with E-state index in [1.54, 1.807) is 24.4 Å². The number of thiophene rings is 1. The van der Waals surface area contributed by atoms with Gasteiger partial charge < -0.3 is 5.32 Å². The van der Waals surface area contributed by atoms with Gasteiger partial charge in [0.15, 0.2) is 0 Å². The maximum absolute atomic E-state index is 12.5. The van der Waals surface area contributed by atoms with Crippen molar-refractivity contribution >= 4 is 27.3 Å². The molecule has 1 atom stereocenters. The fraction of sp³-hybridized carbons (Fsp3) is 0.625. The van der Waals surface area contributed by atoms with Crippen LogP contribution < -0.4 is 5.32 Å². The van der Waals surface area contributed by atoms with E-state index >= 15 is 0 Å². The molecule has 136 valence electrons. The normalized spacial score (nSPS) is 22.1. The van der Waals surface area contributed by atoms with Gasteiger partial charge in [-0.2, -0.15) is 9.57 Å². The Bertz CT molecular complexity index is 760. The molecule has 3 rings (SSSR count). The fourth-order valence-electron chi connectivity index (χ4n) is 3.08. The summed E-state index contributed by atoms with van der Waals surface area (Å²) in [5, 5.41) is 13.9. The monoisotopic (exact) mass is 382 g/mol. The number of hydrogen-bond acceptors (Lipinski definition) is 6. The molecule has 1 N–H and O–H groups in total. The van der Waals surface area contributed by atoms with Gasteiger partial charge >= 0.3 is 0 Å². The highest BCUT2D eigenvalue weighted by atomic mass is 32.2. The molecule has 1 aromatic heterocycles. The molecule has 0 aromatic carbocycles. The SMILES string of the molecule is C[C@@](C#N)(NC(=O)CN1CCN(S(=O)(=O)c2cccs2)CC1)C1CC1. The van der Waals surface area contributed by atoms with E-state index < -0.39 is 15.6 Å². The molecule has 0 bridgehead atoms. The molecule has 1 aromatic rings. The van der Waals surface area contributed by atoms with Crippen LogP contribution in [0, 0.1) is 17.2 Å². The summed E-state index contributed by atoms with van der Waals surface area (Å²) in [7, 11) is -3.42. The molecule has 0 unspecified atom stereocenters. The summed E-state index contributed by atoms with van der Waals surface area (Å²) in [6.07, 6.45) is 1.95. The number of rotatable bonds is 6. The minimum Gasteiger partial charge on any atom is -0.337 e. The lowest BCUT2D eigenvalue weighted by molar-refractivity contribution is -0.123. The molecule has 7 nitrogen and oxygen atoms in total. The fourth-order valence-corrected chi connectivity index (χ4v) is 5.65. The average Bonchev–Trinajstić information content (AvgIpc) is 3.30. The van der Waals surface area contributed by atoms with Gasteiger partial charge in [-0.15, -0.1) is 11.3 Å². The summed E-state index contributed by atoms with van der Waals surface area (Å²) < 4.78 is 26.8. The van der Waals surface area contributed by atoms with Crippen molar-refractivity contribution in [2.45, 2.75) is 29.5 Å². The van der Waals surface area contributed by atoms with E-state index in [-0.39, 0.29) is 18.4 Å². The minimum absolute atomic E-state index is 0.175. The molecule has 25 heavy (non-hydrogen) atoms. The van der Waals surface area contributed by atoms with Gasteiger partial charge in [-0.3, -0.25) is 9.69 Å². The molecule has 2 heterocycles. The van der Waals surface area contributed by atoms with E-state index in [1.165, 1.54) is 15.6 Å². The highest BCUT2D eigenvalue weighted by Crippen LogP contribution is 2.39. The quantitative estimate of drug-likeness (QED) is 0.788. The first-order chi connectivity index (χ1) is 11.8. The zero-order valence-electron chi connectivity index (χ0n) is 14.1. The van der Waals surface area contributed by atoms with Crippen molar-refractivity contribution in [3.63, 3.8) is 0 Å². The second kappa shape index (κ2) is 7.03. The molecule has 0 radical (unpaired) electrons. The van der Waals surface area contributed by atoms with Crippen LogP contribution >= 0.6 is 11.3 Å². The number of piperazine rings is 1. The molecule has 1 aliphatic carbocycles. The van der Waals surface area contributed by atoms with Crippen LogP contribution in [0.4, 0.5) is 0 Å². The number of sulfonamides is 1. The summed E-state index contributed by atoms with van der Waals surface area (Å²) in [4.78, 5) is 14.2. The maximum Gasteiger partial charge on any atom is 0.252 e. The van der Waals surface area contributed by atoms with Gasteiger partial charge in [0.1, 0.15) is 9.75 Å². The van der Waals surface area contributed by atoms with Gasteiger partial charge in [-0.25, -0.2) is 8.42 Å². The third kappa shape index (κ3) is 4.03. The number of carbonyl (C=O) groups excluding carboxylic acids is 1. The zero-order chi connectivity index (χ0) is 18.1. The summed E-state index contributed by atoms with van der Waals surface area (Å²) in [5.74, 6) is 0.0692. The number of nitriles is 1. The van der Waals surface area contributed by atoms with Crippen LogP contribution in [0.1, 0.15) is 19.8 Å². The van der Waals surface area contributed by atoms with E-state index in [2.05, 4.69) is 11.4 Å². The molecule has 2 aliphatic rings. The molecule has 0 spiro atoms.